The van der Waals surface area contributed by atoms with Crippen molar-refractivity contribution in [2.75, 3.05) is 0 Å². The summed E-state index contributed by atoms with van der Waals surface area (Å²) in [6, 6.07) is 18.4. The number of nitrogens with zero attached hydrogens (tertiary/aromatic N) is 1. The Morgan fingerprint density at radius 2 is 1.63 bits per heavy atom. The van der Waals surface area contributed by atoms with Gasteiger partial charge in [0.2, 0.25) is 0 Å². The van der Waals surface area contributed by atoms with Crippen LogP contribution in [-0.4, -0.2) is 29.3 Å². The number of hydrogen-bond acceptors (Lipinski definition) is 4. The molecule has 0 spiro atoms. The zero-order chi connectivity index (χ0) is 24.7. The van der Waals surface area contributed by atoms with Gasteiger partial charge in [-0.05, 0) is 42.0 Å². The zero-order valence-electron chi connectivity index (χ0n) is 17.9. The van der Waals surface area contributed by atoms with Gasteiger partial charge in [-0.1, -0.05) is 59.6 Å². The molecule has 5 nitrogen and oxygen atoms in total. The molecule has 1 amide bonds. The van der Waals surface area contributed by atoms with E-state index < -0.39 is 30.2 Å². The minimum atomic E-state index is -4.63. The van der Waals surface area contributed by atoms with E-state index in [0.717, 1.165) is 5.01 Å². The number of hydrazine groups is 1. The van der Waals surface area contributed by atoms with Gasteiger partial charge < -0.3 is 10.1 Å². The molecule has 2 heterocycles. The van der Waals surface area contributed by atoms with E-state index in [2.05, 4.69) is 10.7 Å². The second kappa shape index (κ2) is 9.11. The van der Waals surface area contributed by atoms with Gasteiger partial charge in [0.25, 0.3) is 5.91 Å². The van der Waals surface area contributed by atoms with E-state index in [4.69, 9.17) is 27.9 Å². The highest BCUT2D eigenvalue weighted by Crippen LogP contribution is 2.42. The van der Waals surface area contributed by atoms with E-state index in [1.807, 2.05) is 18.2 Å². The van der Waals surface area contributed by atoms with E-state index in [1.165, 1.54) is 24.3 Å². The summed E-state index contributed by atoms with van der Waals surface area (Å²) < 4.78 is 47.9. The summed E-state index contributed by atoms with van der Waals surface area (Å²) in [4.78, 5) is 12.9. The minimum Gasteiger partial charge on any atom is -0.457 e. The van der Waals surface area contributed by atoms with Gasteiger partial charge >= 0.3 is 6.18 Å². The Hall–Kier alpha value is -3.20. The molecule has 3 atom stereocenters. The molecule has 0 bridgehead atoms. The average molecular weight is 520 g/mol. The molecule has 3 aromatic carbocycles. The van der Waals surface area contributed by atoms with E-state index in [9.17, 15) is 18.0 Å². The number of carbonyl (C=O) groups excluding carboxylic acids is 1. The Kier molecular flexibility index (Phi) is 6.13. The number of hydrogen-bond donors (Lipinski definition) is 2. The minimum absolute atomic E-state index is 0.132. The molecular weight excluding hydrogens is 502 g/mol. The van der Waals surface area contributed by atoms with Crippen LogP contribution in [0.25, 0.3) is 5.70 Å². The number of benzene rings is 3. The number of alkyl halides is 3. The second-order valence-corrected chi connectivity index (χ2v) is 8.96. The maximum Gasteiger partial charge on any atom is 0.406 e. The molecule has 5 rings (SSSR count). The number of carbonyl (C=O) groups is 1. The van der Waals surface area contributed by atoms with Crippen LogP contribution in [0, 0.1) is 0 Å². The van der Waals surface area contributed by atoms with Crippen LogP contribution in [0.15, 0.2) is 78.9 Å². The molecule has 0 saturated carbocycles. The normalized spacial score (nSPS) is 21.9. The molecule has 3 aromatic rings. The third-order valence-electron chi connectivity index (χ3n) is 5.87. The molecule has 1 saturated heterocycles. The lowest BCUT2D eigenvalue weighted by molar-refractivity contribution is -0.161. The zero-order valence-corrected chi connectivity index (χ0v) is 19.4. The molecule has 2 aliphatic heterocycles. The van der Waals surface area contributed by atoms with E-state index in [1.54, 1.807) is 36.4 Å². The number of ether oxygens (including phenoxy) is 1. The highest BCUT2D eigenvalue weighted by molar-refractivity contribution is 6.42. The van der Waals surface area contributed by atoms with Gasteiger partial charge in [0.15, 0.2) is 0 Å². The van der Waals surface area contributed by atoms with Crippen LogP contribution in [0.1, 0.15) is 17.0 Å². The second-order valence-electron chi connectivity index (χ2n) is 8.15. The summed E-state index contributed by atoms with van der Waals surface area (Å²) in [6.45, 7) is 0. The van der Waals surface area contributed by atoms with Crippen molar-refractivity contribution >= 4 is 34.8 Å². The fraction of sp³-hybridized carbons (Fsp3) is 0.160. The predicted molar refractivity (Wildman–Crippen MR) is 127 cm³/mol. The van der Waals surface area contributed by atoms with Crippen molar-refractivity contribution in [2.24, 2.45) is 0 Å². The highest BCUT2D eigenvalue weighted by Gasteiger charge is 2.57. The van der Waals surface area contributed by atoms with Crippen molar-refractivity contribution in [1.29, 1.82) is 0 Å². The number of nitrogens with one attached hydrogen (secondary N) is 2. The van der Waals surface area contributed by atoms with Gasteiger partial charge in [-0.3, -0.25) is 9.80 Å². The van der Waals surface area contributed by atoms with Crippen LogP contribution >= 0.6 is 23.2 Å². The van der Waals surface area contributed by atoms with Crippen LogP contribution in [0.4, 0.5) is 13.2 Å². The quantitative estimate of drug-likeness (QED) is 0.436. The number of rotatable bonds is 4. The van der Waals surface area contributed by atoms with Crippen LogP contribution in [-0.2, 0) is 4.79 Å². The van der Waals surface area contributed by atoms with Crippen LogP contribution in [0.2, 0.25) is 10.0 Å². The maximum atomic E-state index is 14.0. The predicted octanol–water partition coefficient (Wildman–Crippen LogP) is 6.12. The first kappa shape index (κ1) is 23.5. The van der Waals surface area contributed by atoms with Gasteiger partial charge in [-0.15, -0.1) is 0 Å². The molecule has 35 heavy (non-hydrogen) atoms. The van der Waals surface area contributed by atoms with E-state index in [0.29, 0.717) is 28.3 Å². The number of halogens is 5. The topological polar surface area (TPSA) is 53.6 Å². The van der Waals surface area contributed by atoms with Gasteiger partial charge in [0, 0.05) is 17.3 Å². The number of para-hydroxylation sites is 1. The molecule has 180 valence electrons. The monoisotopic (exact) mass is 519 g/mol. The summed E-state index contributed by atoms with van der Waals surface area (Å²) >= 11 is 12.1. The summed E-state index contributed by atoms with van der Waals surface area (Å²) in [5.41, 5.74) is 3.60. The standard InChI is InChI=1S/C25H18Cl2F3N3O2/c26-18-10-9-15(12-19(18)27)22-23(25(28,29)30)32-33-21(34)13-20(31-24(22)33)14-5-4-8-17(11-14)35-16-6-2-1-3-7-16/h1-13,22-24,31-32H. The summed E-state index contributed by atoms with van der Waals surface area (Å²) in [5, 5.41) is 4.44. The molecule has 3 unspecified atom stereocenters. The van der Waals surface area contributed by atoms with E-state index >= 15 is 0 Å². The van der Waals surface area contributed by atoms with Crippen molar-refractivity contribution < 1.29 is 22.7 Å². The molecule has 2 N–H and O–H groups in total. The Bertz CT molecular complexity index is 1300. The van der Waals surface area contributed by atoms with E-state index in [-0.39, 0.29) is 10.0 Å². The number of amides is 1. The molecule has 10 heteroatoms. The largest absolute Gasteiger partial charge is 0.457 e. The molecule has 1 fully saturated rings. The lowest BCUT2D eigenvalue weighted by Gasteiger charge is -2.33. The average Bonchev–Trinajstić information content (AvgIpc) is 3.23. The van der Waals surface area contributed by atoms with Crippen molar-refractivity contribution in [2.45, 2.75) is 24.3 Å². The molecule has 0 radical (unpaired) electrons. The molecule has 2 aliphatic rings. The Morgan fingerprint density at radius 3 is 2.34 bits per heavy atom. The van der Waals surface area contributed by atoms with Crippen molar-refractivity contribution in [3.8, 4) is 11.5 Å². The van der Waals surface area contributed by atoms with Crippen molar-refractivity contribution in [1.82, 2.24) is 15.8 Å². The fourth-order valence-electron chi connectivity index (χ4n) is 4.29. The smallest absolute Gasteiger partial charge is 0.406 e. The maximum absolute atomic E-state index is 14.0. The Labute approximate surface area is 209 Å². The van der Waals surface area contributed by atoms with Crippen molar-refractivity contribution in [3.63, 3.8) is 0 Å². The van der Waals surface area contributed by atoms with Gasteiger partial charge in [0.05, 0.1) is 16.0 Å². The molecular formula is C25H18Cl2F3N3O2. The Morgan fingerprint density at radius 1 is 0.886 bits per heavy atom. The first-order valence-corrected chi connectivity index (χ1v) is 11.4. The number of fused-ring (bicyclic) bond motifs is 1. The third-order valence-corrected chi connectivity index (χ3v) is 6.61. The lowest BCUT2D eigenvalue weighted by atomic mass is 9.89. The fourth-order valence-corrected chi connectivity index (χ4v) is 4.60. The molecule has 0 aromatic heterocycles. The lowest BCUT2D eigenvalue weighted by Crippen LogP contribution is -2.53. The first-order chi connectivity index (χ1) is 16.7. The summed E-state index contributed by atoms with van der Waals surface area (Å²) in [6.07, 6.45) is -4.39. The highest BCUT2D eigenvalue weighted by atomic mass is 35.5. The summed E-state index contributed by atoms with van der Waals surface area (Å²) in [7, 11) is 0. The summed E-state index contributed by atoms with van der Waals surface area (Å²) in [5.74, 6) is -0.633. The van der Waals surface area contributed by atoms with Gasteiger partial charge in [-0.25, -0.2) is 5.43 Å². The Balaban J connectivity index is 1.48. The van der Waals surface area contributed by atoms with Crippen LogP contribution in [0.5, 0.6) is 11.5 Å². The van der Waals surface area contributed by atoms with Gasteiger partial charge in [-0.2, -0.15) is 13.2 Å². The molecule has 0 aliphatic carbocycles. The third kappa shape index (κ3) is 4.69. The first-order valence-electron chi connectivity index (χ1n) is 10.6. The SMILES string of the molecule is O=C1C=C(c2cccc(Oc3ccccc3)c2)NC2C(c3ccc(Cl)c(Cl)c3)C(C(F)(F)F)NN12. The van der Waals surface area contributed by atoms with Crippen molar-refractivity contribution in [3.05, 3.63) is 100 Å². The van der Waals surface area contributed by atoms with Gasteiger partial charge in [0.1, 0.15) is 23.7 Å². The van der Waals surface area contributed by atoms with Crippen LogP contribution < -0.4 is 15.5 Å². The van der Waals surface area contributed by atoms with Crippen LogP contribution in [0.3, 0.4) is 0 Å².